The van der Waals surface area contributed by atoms with Crippen molar-refractivity contribution in [2.45, 2.75) is 12.2 Å². The van der Waals surface area contributed by atoms with Crippen molar-refractivity contribution in [2.24, 2.45) is 5.73 Å². The summed E-state index contributed by atoms with van der Waals surface area (Å²) in [4.78, 5) is 14.3. The molecule has 0 atom stereocenters. The van der Waals surface area contributed by atoms with Crippen LogP contribution in [0.25, 0.3) is 0 Å². The summed E-state index contributed by atoms with van der Waals surface area (Å²) in [6.07, 6.45) is 1.92. The van der Waals surface area contributed by atoms with E-state index in [0.29, 0.717) is 12.2 Å². The number of nitrogens with one attached hydrogen (secondary N) is 3. The van der Waals surface area contributed by atoms with E-state index >= 15 is 0 Å². The maximum Gasteiger partial charge on any atom is 0.317 e. The summed E-state index contributed by atoms with van der Waals surface area (Å²) in [6, 6.07) is -0.694. The molecule has 0 saturated carbocycles. The molecule has 0 aliphatic heterocycles. The lowest BCUT2D eigenvalue weighted by molar-refractivity contribution is 0.253. The molecule has 2 amide bonds. The van der Waals surface area contributed by atoms with Crippen LogP contribution in [0.1, 0.15) is 12.2 Å². The standard InChI is InChI=1S/C7H12N6OS.2ClH/c8-5(12-7(9)14)1-2-15-3-6-10-4-11-13-6;;/h4H,1-3H2,(H,10,11,13)(H4,8,9,12,14);2*1H. The SMILES string of the molecule is Cl.Cl.N=C(CCSCc1ncn[nH]1)NC(N)=O. The third kappa shape index (κ3) is 8.78. The van der Waals surface area contributed by atoms with E-state index in [1.165, 1.54) is 6.33 Å². The van der Waals surface area contributed by atoms with Gasteiger partial charge in [-0.2, -0.15) is 16.9 Å². The largest absolute Gasteiger partial charge is 0.351 e. The fourth-order valence-corrected chi connectivity index (χ4v) is 1.68. The molecule has 0 aliphatic carbocycles. The Labute approximate surface area is 115 Å². The molecule has 1 heterocycles. The first kappa shape index (κ1) is 18.4. The van der Waals surface area contributed by atoms with E-state index in [0.717, 1.165) is 11.6 Å². The van der Waals surface area contributed by atoms with Crippen LogP contribution in [0.2, 0.25) is 0 Å². The summed E-state index contributed by atoms with van der Waals surface area (Å²) in [7, 11) is 0. The van der Waals surface area contributed by atoms with Gasteiger partial charge in [0.15, 0.2) is 0 Å². The molecule has 0 unspecified atom stereocenters. The number of nitrogens with zero attached hydrogens (tertiary/aromatic N) is 2. The van der Waals surface area contributed by atoms with E-state index in [2.05, 4.69) is 20.5 Å². The second-order valence-electron chi connectivity index (χ2n) is 2.70. The minimum atomic E-state index is -0.694. The van der Waals surface area contributed by atoms with E-state index in [4.69, 9.17) is 11.1 Å². The van der Waals surface area contributed by atoms with Gasteiger partial charge in [0, 0.05) is 12.2 Å². The van der Waals surface area contributed by atoms with Crippen molar-refractivity contribution in [1.82, 2.24) is 20.5 Å². The normalized spacial score (nSPS) is 8.71. The van der Waals surface area contributed by atoms with Crippen LogP contribution in [-0.2, 0) is 5.75 Å². The predicted octanol–water partition coefficient (Wildman–Crippen LogP) is 0.917. The number of nitrogens with two attached hydrogens (primary N) is 1. The molecule has 0 radical (unpaired) electrons. The van der Waals surface area contributed by atoms with Crippen molar-refractivity contribution in [3.05, 3.63) is 12.2 Å². The third-order valence-electron chi connectivity index (χ3n) is 1.47. The van der Waals surface area contributed by atoms with Gasteiger partial charge in [0.05, 0.1) is 5.75 Å². The number of primary amides is 1. The second kappa shape index (κ2) is 10.2. The Bertz CT molecular complexity index is 333. The van der Waals surface area contributed by atoms with Crippen molar-refractivity contribution in [3.8, 4) is 0 Å². The Morgan fingerprint density at radius 2 is 2.29 bits per heavy atom. The summed E-state index contributed by atoms with van der Waals surface area (Å²) in [6.45, 7) is 0. The average Bonchev–Trinajstić information content (AvgIpc) is 2.63. The average molecular weight is 301 g/mol. The Morgan fingerprint density at radius 3 is 2.82 bits per heavy atom. The van der Waals surface area contributed by atoms with Crippen molar-refractivity contribution in [1.29, 1.82) is 5.41 Å². The summed E-state index contributed by atoms with van der Waals surface area (Å²) in [5, 5.41) is 16.0. The highest BCUT2D eigenvalue weighted by molar-refractivity contribution is 7.98. The van der Waals surface area contributed by atoms with E-state index in [-0.39, 0.29) is 30.6 Å². The number of carbonyl (C=O) groups is 1. The lowest BCUT2D eigenvalue weighted by atomic mass is 10.4. The molecular formula is C7H14Cl2N6OS. The molecule has 0 bridgehead atoms. The lowest BCUT2D eigenvalue weighted by Crippen LogP contribution is -2.34. The Balaban J connectivity index is 0. The van der Waals surface area contributed by atoms with Crippen LogP contribution in [0, 0.1) is 5.41 Å². The van der Waals surface area contributed by atoms with Gasteiger partial charge in [-0.05, 0) is 0 Å². The molecule has 0 fully saturated rings. The number of rotatable bonds is 5. The van der Waals surface area contributed by atoms with Crippen LogP contribution in [0.5, 0.6) is 0 Å². The van der Waals surface area contributed by atoms with Crippen LogP contribution >= 0.6 is 36.6 Å². The molecule has 1 aromatic heterocycles. The summed E-state index contributed by atoms with van der Waals surface area (Å²) >= 11 is 1.60. The molecule has 0 aromatic carbocycles. The highest BCUT2D eigenvalue weighted by Gasteiger charge is 2.00. The summed E-state index contributed by atoms with van der Waals surface area (Å²) < 4.78 is 0. The Morgan fingerprint density at radius 1 is 1.59 bits per heavy atom. The number of halogens is 2. The zero-order valence-electron chi connectivity index (χ0n) is 8.80. The molecule has 7 nitrogen and oxygen atoms in total. The van der Waals surface area contributed by atoms with Crippen LogP contribution in [-0.4, -0.2) is 32.8 Å². The van der Waals surface area contributed by atoms with Crippen LogP contribution in [0.4, 0.5) is 4.79 Å². The minimum absolute atomic E-state index is 0. The van der Waals surface area contributed by atoms with Gasteiger partial charge < -0.3 is 5.73 Å². The molecule has 1 rings (SSSR count). The fourth-order valence-electron chi connectivity index (χ4n) is 0.855. The van der Waals surface area contributed by atoms with Gasteiger partial charge in [0.1, 0.15) is 18.0 Å². The van der Waals surface area contributed by atoms with Crippen LogP contribution < -0.4 is 11.1 Å². The smallest absolute Gasteiger partial charge is 0.317 e. The number of amidine groups is 1. The Kier molecular flexibility index (Phi) is 11.0. The third-order valence-corrected chi connectivity index (χ3v) is 2.44. The van der Waals surface area contributed by atoms with Gasteiger partial charge in [-0.1, -0.05) is 0 Å². The number of aromatic nitrogens is 3. The van der Waals surface area contributed by atoms with Crippen LogP contribution in [0.3, 0.4) is 0 Å². The number of aromatic amines is 1. The highest BCUT2D eigenvalue weighted by Crippen LogP contribution is 2.08. The molecule has 98 valence electrons. The monoisotopic (exact) mass is 300 g/mol. The number of carbonyl (C=O) groups excluding carboxylic acids is 1. The summed E-state index contributed by atoms with van der Waals surface area (Å²) in [5.74, 6) is 2.37. The number of amides is 2. The van der Waals surface area contributed by atoms with Crippen molar-refractivity contribution in [3.63, 3.8) is 0 Å². The topological polar surface area (TPSA) is 121 Å². The van der Waals surface area contributed by atoms with Gasteiger partial charge in [0.2, 0.25) is 0 Å². The van der Waals surface area contributed by atoms with Crippen molar-refractivity contribution in [2.75, 3.05) is 5.75 Å². The van der Waals surface area contributed by atoms with Crippen molar-refractivity contribution < 1.29 is 4.79 Å². The van der Waals surface area contributed by atoms with E-state index in [1.807, 2.05) is 0 Å². The first-order chi connectivity index (χ1) is 7.18. The lowest BCUT2D eigenvalue weighted by Gasteiger charge is -2.02. The van der Waals surface area contributed by atoms with E-state index < -0.39 is 6.03 Å². The summed E-state index contributed by atoms with van der Waals surface area (Å²) in [5.41, 5.74) is 4.85. The molecule has 5 N–H and O–H groups in total. The van der Waals surface area contributed by atoms with Gasteiger partial charge >= 0.3 is 6.03 Å². The van der Waals surface area contributed by atoms with Crippen LogP contribution in [0.15, 0.2) is 6.33 Å². The minimum Gasteiger partial charge on any atom is -0.351 e. The predicted molar refractivity (Wildman–Crippen MR) is 72.1 cm³/mol. The maximum absolute atomic E-state index is 10.4. The maximum atomic E-state index is 10.4. The number of hydrogen-bond acceptors (Lipinski definition) is 5. The van der Waals surface area contributed by atoms with E-state index in [1.54, 1.807) is 11.8 Å². The molecule has 0 aliphatic rings. The molecule has 10 heteroatoms. The quantitative estimate of drug-likeness (QED) is 0.367. The molecule has 1 aromatic rings. The molecule has 0 spiro atoms. The molecular weight excluding hydrogens is 287 g/mol. The van der Waals surface area contributed by atoms with Gasteiger partial charge in [-0.15, -0.1) is 24.8 Å². The first-order valence-electron chi connectivity index (χ1n) is 4.24. The Hall–Kier alpha value is -0.990. The zero-order chi connectivity index (χ0) is 11.1. The molecule has 17 heavy (non-hydrogen) atoms. The number of H-pyrrole nitrogens is 1. The van der Waals surface area contributed by atoms with Gasteiger partial charge in [-0.3, -0.25) is 15.8 Å². The number of urea groups is 1. The zero-order valence-corrected chi connectivity index (χ0v) is 11.3. The fraction of sp³-hybridized carbons (Fsp3) is 0.429. The molecule has 0 saturated heterocycles. The number of hydrogen-bond donors (Lipinski definition) is 4. The van der Waals surface area contributed by atoms with Gasteiger partial charge in [0.25, 0.3) is 0 Å². The van der Waals surface area contributed by atoms with E-state index in [9.17, 15) is 4.79 Å². The highest BCUT2D eigenvalue weighted by atomic mass is 35.5. The van der Waals surface area contributed by atoms with Crippen molar-refractivity contribution >= 4 is 48.4 Å². The number of thioether (sulfide) groups is 1. The first-order valence-corrected chi connectivity index (χ1v) is 5.40. The van der Waals surface area contributed by atoms with Gasteiger partial charge in [-0.25, -0.2) is 9.78 Å². The second-order valence-corrected chi connectivity index (χ2v) is 3.81.